The van der Waals surface area contributed by atoms with Crippen molar-refractivity contribution in [2.24, 2.45) is 0 Å². The van der Waals surface area contributed by atoms with Crippen LogP contribution in [0.25, 0.3) is 11.5 Å². The van der Waals surface area contributed by atoms with Gasteiger partial charge in [0, 0.05) is 51.0 Å². The molecule has 0 aliphatic carbocycles. The first-order valence-corrected chi connectivity index (χ1v) is 10.2. The highest BCUT2D eigenvalue weighted by atomic mass is 19.1. The number of fused-ring (bicyclic) bond motifs is 1. The Morgan fingerprint density at radius 3 is 2.73 bits per heavy atom. The zero-order valence-electron chi connectivity index (χ0n) is 17.3. The van der Waals surface area contributed by atoms with Gasteiger partial charge >= 0.3 is 0 Å². The van der Waals surface area contributed by atoms with E-state index in [1.807, 2.05) is 30.3 Å². The molecule has 1 unspecified atom stereocenters. The summed E-state index contributed by atoms with van der Waals surface area (Å²) in [5.41, 5.74) is 4.00. The van der Waals surface area contributed by atoms with Crippen molar-refractivity contribution in [1.82, 2.24) is 19.9 Å². The standard InChI is InChI=1S/C23H26FN5O/c1-16(15-30-2)26-22-19-14-29(13-17-6-8-18(24)9-7-17)12-10-20(19)27-23(28-22)21-5-3-4-11-25-21/h3-9,11,16H,10,12-15H2,1-2H3,(H,26,27,28). The molecule has 0 bridgehead atoms. The highest BCUT2D eigenvalue weighted by Crippen LogP contribution is 2.28. The van der Waals surface area contributed by atoms with Crippen LogP contribution in [-0.4, -0.2) is 46.2 Å². The van der Waals surface area contributed by atoms with Crippen molar-refractivity contribution in [3.05, 3.63) is 71.3 Å². The predicted octanol–water partition coefficient (Wildman–Crippen LogP) is 3.68. The van der Waals surface area contributed by atoms with Crippen LogP contribution in [0.2, 0.25) is 0 Å². The first kappa shape index (κ1) is 20.4. The zero-order chi connectivity index (χ0) is 20.9. The van der Waals surface area contributed by atoms with E-state index in [1.165, 1.54) is 12.1 Å². The van der Waals surface area contributed by atoms with Crippen molar-refractivity contribution in [2.75, 3.05) is 25.6 Å². The van der Waals surface area contributed by atoms with E-state index in [0.717, 1.165) is 54.4 Å². The first-order valence-electron chi connectivity index (χ1n) is 10.2. The second-order valence-corrected chi connectivity index (χ2v) is 7.62. The van der Waals surface area contributed by atoms with Gasteiger partial charge in [-0.1, -0.05) is 18.2 Å². The molecule has 1 aromatic carbocycles. The Morgan fingerprint density at radius 2 is 2.00 bits per heavy atom. The smallest absolute Gasteiger partial charge is 0.180 e. The van der Waals surface area contributed by atoms with Crippen molar-refractivity contribution in [3.8, 4) is 11.5 Å². The average Bonchev–Trinajstić information content (AvgIpc) is 2.76. The van der Waals surface area contributed by atoms with Crippen LogP contribution >= 0.6 is 0 Å². The van der Waals surface area contributed by atoms with Gasteiger partial charge in [-0.25, -0.2) is 14.4 Å². The maximum absolute atomic E-state index is 13.2. The van der Waals surface area contributed by atoms with Gasteiger partial charge in [0.2, 0.25) is 0 Å². The molecule has 1 N–H and O–H groups in total. The molecule has 0 saturated heterocycles. The average molecular weight is 407 g/mol. The fourth-order valence-electron chi connectivity index (χ4n) is 3.71. The summed E-state index contributed by atoms with van der Waals surface area (Å²) in [5, 5.41) is 3.49. The van der Waals surface area contributed by atoms with Gasteiger partial charge in [-0.05, 0) is 36.8 Å². The molecule has 0 saturated carbocycles. The van der Waals surface area contributed by atoms with Gasteiger partial charge in [-0.3, -0.25) is 9.88 Å². The molecule has 3 aromatic rings. The molecule has 0 radical (unpaired) electrons. The number of aromatic nitrogens is 3. The number of hydrogen-bond acceptors (Lipinski definition) is 6. The van der Waals surface area contributed by atoms with Crippen molar-refractivity contribution in [1.29, 1.82) is 0 Å². The van der Waals surface area contributed by atoms with E-state index in [-0.39, 0.29) is 11.9 Å². The molecule has 30 heavy (non-hydrogen) atoms. The third-order valence-electron chi connectivity index (χ3n) is 5.15. The van der Waals surface area contributed by atoms with Crippen molar-refractivity contribution >= 4 is 5.82 Å². The van der Waals surface area contributed by atoms with Gasteiger partial charge in [0.1, 0.15) is 17.3 Å². The minimum absolute atomic E-state index is 0.109. The van der Waals surface area contributed by atoms with Crippen LogP contribution < -0.4 is 5.32 Å². The number of benzene rings is 1. The lowest BCUT2D eigenvalue weighted by atomic mass is 10.0. The number of ether oxygens (including phenoxy) is 1. The number of nitrogens with zero attached hydrogens (tertiary/aromatic N) is 4. The largest absolute Gasteiger partial charge is 0.383 e. The quantitative estimate of drug-likeness (QED) is 0.645. The summed E-state index contributed by atoms with van der Waals surface area (Å²) in [5.74, 6) is 1.25. The van der Waals surface area contributed by atoms with E-state index in [9.17, 15) is 4.39 Å². The van der Waals surface area contributed by atoms with Gasteiger partial charge in [0.05, 0.1) is 12.3 Å². The Morgan fingerprint density at radius 1 is 1.17 bits per heavy atom. The minimum atomic E-state index is -0.211. The number of rotatable bonds is 7. The SMILES string of the molecule is COCC(C)Nc1nc(-c2ccccn2)nc2c1CN(Cc1ccc(F)cc1)CC2. The summed E-state index contributed by atoms with van der Waals surface area (Å²) in [4.78, 5) is 16.4. The number of pyridine rings is 1. The van der Waals surface area contributed by atoms with Crippen LogP contribution in [-0.2, 0) is 24.2 Å². The molecule has 7 heteroatoms. The highest BCUT2D eigenvalue weighted by molar-refractivity contribution is 5.57. The molecule has 0 amide bonds. The van der Waals surface area contributed by atoms with Gasteiger partial charge in [-0.2, -0.15) is 0 Å². The van der Waals surface area contributed by atoms with Gasteiger partial charge in [0.25, 0.3) is 0 Å². The number of methoxy groups -OCH3 is 1. The maximum atomic E-state index is 13.2. The van der Waals surface area contributed by atoms with Crippen LogP contribution in [0.3, 0.4) is 0 Å². The lowest BCUT2D eigenvalue weighted by molar-refractivity contribution is 0.190. The molecule has 1 atom stereocenters. The first-order chi connectivity index (χ1) is 14.6. The fourth-order valence-corrected chi connectivity index (χ4v) is 3.71. The number of nitrogens with one attached hydrogen (secondary N) is 1. The van der Waals surface area contributed by atoms with E-state index in [1.54, 1.807) is 13.3 Å². The van der Waals surface area contributed by atoms with E-state index in [4.69, 9.17) is 14.7 Å². The minimum Gasteiger partial charge on any atom is -0.383 e. The Hall–Kier alpha value is -2.90. The molecule has 0 fully saturated rings. The van der Waals surface area contributed by atoms with E-state index in [2.05, 4.69) is 22.1 Å². The molecule has 1 aliphatic heterocycles. The molecule has 6 nitrogen and oxygen atoms in total. The van der Waals surface area contributed by atoms with Gasteiger partial charge in [-0.15, -0.1) is 0 Å². The highest BCUT2D eigenvalue weighted by Gasteiger charge is 2.24. The van der Waals surface area contributed by atoms with Crippen LogP contribution in [0.15, 0.2) is 48.7 Å². The second kappa shape index (κ2) is 9.28. The van der Waals surface area contributed by atoms with Gasteiger partial charge < -0.3 is 10.1 Å². The summed E-state index contributed by atoms with van der Waals surface area (Å²) >= 11 is 0. The molecule has 1 aliphatic rings. The summed E-state index contributed by atoms with van der Waals surface area (Å²) < 4.78 is 18.5. The third kappa shape index (κ3) is 4.80. The van der Waals surface area contributed by atoms with Crippen LogP contribution in [0.5, 0.6) is 0 Å². The monoisotopic (exact) mass is 407 g/mol. The fraction of sp³-hybridized carbons (Fsp3) is 0.348. The van der Waals surface area contributed by atoms with E-state index in [0.29, 0.717) is 12.4 Å². The van der Waals surface area contributed by atoms with Crippen molar-refractivity contribution < 1.29 is 9.13 Å². The lowest BCUT2D eigenvalue weighted by Gasteiger charge is -2.30. The van der Waals surface area contributed by atoms with Gasteiger partial charge in [0.15, 0.2) is 5.82 Å². The van der Waals surface area contributed by atoms with Crippen LogP contribution in [0.4, 0.5) is 10.2 Å². The van der Waals surface area contributed by atoms with E-state index < -0.39 is 0 Å². The van der Waals surface area contributed by atoms with Crippen LogP contribution in [0.1, 0.15) is 23.7 Å². The molecule has 0 spiro atoms. The molecule has 4 rings (SSSR count). The predicted molar refractivity (Wildman–Crippen MR) is 114 cm³/mol. The molecular weight excluding hydrogens is 381 g/mol. The summed E-state index contributed by atoms with van der Waals surface area (Å²) in [6.07, 6.45) is 2.58. The third-order valence-corrected chi connectivity index (χ3v) is 5.15. The molecule has 3 heterocycles. The lowest BCUT2D eigenvalue weighted by Crippen LogP contribution is -2.33. The second-order valence-electron chi connectivity index (χ2n) is 7.62. The molecular formula is C23H26FN5O. The Labute approximate surface area is 176 Å². The number of anilines is 1. The van der Waals surface area contributed by atoms with E-state index >= 15 is 0 Å². The maximum Gasteiger partial charge on any atom is 0.180 e. The zero-order valence-corrected chi connectivity index (χ0v) is 17.3. The Balaban J connectivity index is 1.62. The molecule has 156 valence electrons. The van der Waals surface area contributed by atoms with Crippen molar-refractivity contribution in [2.45, 2.75) is 32.5 Å². The summed E-state index contributed by atoms with van der Waals surface area (Å²) in [6.45, 7) is 5.02. The summed E-state index contributed by atoms with van der Waals surface area (Å²) in [7, 11) is 1.69. The summed E-state index contributed by atoms with van der Waals surface area (Å²) in [6, 6.07) is 12.6. The molecule has 2 aromatic heterocycles. The Bertz CT molecular complexity index is 981. The number of halogens is 1. The van der Waals surface area contributed by atoms with Crippen LogP contribution in [0, 0.1) is 5.82 Å². The Kier molecular flexibility index (Phi) is 6.30. The normalized spacial score (nSPS) is 14.9. The van der Waals surface area contributed by atoms with Crippen molar-refractivity contribution in [3.63, 3.8) is 0 Å². The topological polar surface area (TPSA) is 63.2 Å². The number of hydrogen-bond donors (Lipinski definition) is 1.